The molecular formula is C24H29ClFN3O4. The third kappa shape index (κ3) is 6.90. The SMILES string of the molecule is CC(C)(c1ccc(OC[C@H](O)CCl)cc1)c1ccc(OC[C@H](O)Cn2cc(CF)nn2)cc1. The molecule has 0 unspecified atom stereocenters. The fourth-order valence-electron chi connectivity index (χ4n) is 3.29. The number of rotatable bonds is 12. The zero-order chi connectivity index (χ0) is 23.8. The molecule has 0 aliphatic heterocycles. The van der Waals surface area contributed by atoms with Crippen LogP contribution in [-0.2, 0) is 18.6 Å². The molecule has 0 saturated heterocycles. The highest BCUT2D eigenvalue weighted by molar-refractivity contribution is 6.18. The molecule has 33 heavy (non-hydrogen) atoms. The van der Waals surface area contributed by atoms with E-state index in [1.807, 2.05) is 48.5 Å². The van der Waals surface area contributed by atoms with Gasteiger partial charge in [0.1, 0.15) is 49.3 Å². The van der Waals surface area contributed by atoms with Crippen LogP contribution in [0.2, 0.25) is 0 Å². The highest BCUT2D eigenvalue weighted by atomic mass is 35.5. The standard InChI is InChI=1S/C24H29ClFN3O4/c1-24(2,17-3-7-22(8-4-17)32-15-20(30)11-25)18-5-9-23(10-6-18)33-16-21(31)14-29-13-19(12-26)27-28-29/h3-10,13,20-21,30-31H,11-12,14-16H2,1-2H3/t20-,21-/m1/s1. The maximum atomic E-state index is 12.5. The van der Waals surface area contributed by atoms with Gasteiger partial charge in [0.25, 0.3) is 0 Å². The number of aromatic nitrogens is 3. The Morgan fingerprint density at radius 1 is 0.939 bits per heavy atom. The molecule has 9 heteroatoms. The van der Waals surface area contributed by atoms with Crippen molar-refractivity contribution in [3.63, 3.8) is 0 Å². The predicted octanol–water partition coefficient (Wildman–Crippen LogP) is 3.49. The molecule has 2 aromatic carbocycles. The van der Waals surface area contributed by atoms with Crippen LogP contribution in [-0.4, -0.2) is 56.5 Å². The highest BCUT2D eigenvalue weighted by Crippen LogP contribution is 2.33. The van der Waals surface area contributed by atoms with Gasteiger partial charge in [-0.3, -0.25) is 0 Å². The molecule has 0 amide bonds. The minimum absolute atomic E-state index is 0.0768. The van der Waals surface area contributed by atoms with Gasteiger partial charge in [-0.05, 0) is 35.4 Å². The molecule has 0 aliphatic rings. The number of halogens is 2. The molecular weight excluding hydrogens is 449 g/mol. The van der Waals surface area contributed by atoms with Crippen molar-refractivity contribution in [3.8, 4) is 11.5 Å². The van der Waals surface area contributed by atoms with Crippen LogP contribution in [0.4, 0.5) is 4.39 Å². The maximum Gasteiger partial charge on any atom is 0.135 e. The van der Waals surface area contributed by atoms with Crippen molar-refractivity contribution < 1.29 is 24.1 Å². The summed E-state index contributed by atoms with van der Waals surface area (Å²) in [6, 6.07) is 15.5. The summed E-state index contributed by atoms with van der Waals surface area (Å²) in [5.74, 6) is 1.44. The van der Waals surface area contributed by atoms with Crippen LogP contribution in [0.5, 0.6) is 11.5 Å². The summed E-state index contributed by atoms with van der Waals surface area (Å²) in [6.45, 7) is 3.97. The molecule has 1 heterocycles. The summed E-state index contributed by atoms with van der Waals surface area (Å²) in [6.07, 6.45) is -0.0369. The number of alkyl halides is 2. The van der Waals surface area contributed by atoms with E-state index in [-0.39, 0.29) is 36.7 Å². The van der Waals surface area contributed by atoms with Gasteiger partial charge < -0.3 is 19.7 Å². The molecule has 3 aromatic rings. The summed E-state index contributed by atoms with van der Waals surface area (Å²) in [7, 11) is 0. The minimum Gasteiger partial charge on any atom is -0.491 e. The second-order valence-electron chi connectivity index (χ2n) is 8.32. The summed E-state index contributed by atoms with van der Waals surface area (Å²) in [4.78, 5) is 0. The smallest absolute Gasteiger partial charge is 0.135 e. The first kappa shape index (κ1) is 25.0. The van der Waals surface area contributed by atoms with Crippen LogP contribution in [0.25, 0.3) is 0 Å². The van der Waals surface area contributed by atoms with Gasteiger partial charge in [0.05, 0.1) is 18.6 Å². The first-order valence-corrected chi connectivity index (χ1v) is 11.2. The van der Waals surface area contributed by atoms with E-state index in [0.29, 0.717) is 11.5 Å². The van der Waals surface area contributed by atoms with Crippen LogP contribution in [0.1, 0.15) is 30.7 Å². The van der Waals surface area contributed by atoms with Crippen molar-refractivity contribution in [1.29, 1.82) is 0 Å². The lowest BCUT2D eigenvalue weighted by Crippen LogP contribution is -2.24. The normalized spacial score (nSPS) is 13.5. The summed E-state index contributed by atoms with van der Waals surface area (Å²) in [5, 5.41) is 27.1. The van der Waals surface area contributed by atoms with E-state index in [9.17, 15) is 14.6 Å². The van der Waals surface area contributed by atoms with E-state index < -0.39 is 18.9 Å². The third-order valence-corrected chi connectivity index (χ3v) is 5.69. The molecule has 178 valence electrons. The quantitative estimate of drug-likeness (QED) is 0.388. The fraction of sp³-hybridized carbons (Fsp3) is 0.417. The largest absolute Gasteiger partial charge is 0.491 e. The minimum atomic E-state index is -0.804. The molecule has 7 nitrogen and oxygen atoms in total. The summed E-state index contributed by atoms with van der Waals surface area (Å²) >= 11 is 5.59. The van der Waals surface area contributed by atoms with E-state index in [0.717, 1.165) is 11.1 Å². The zero-order valence-corrected chi connectivity index (χ0v) is 19.5. The number of aliphatic hydroxyl groups is 2. The second kappa shape index (κ2) is 11.4. The number of nitrogens with zero attached hydrogens (tertiary/aromatic N) is 3. The number of ether oxygens (including phenoxy) is 2. The maximum absolute atomic E-state index is 12.5. The number of benzene rings is 2. The Bertz CT molecular complexity index is 996. The van der Waals surface area contributed by atoms with Gasteiger partial charge in [0.2, 0.25) is 0 Å². The number of hydrogen-bond donors (Lipinski definition) is 2. The molecule has 2 atom stereocenters. The topological polar surface area (TPSA) is 89.6 Å². The lowest BCUT2D eigenvalue weighted by atomic mass is 9.78. The van der Waals surface area contributed by atoms with Crippen molar-refractivity contribution >= 4 is 11.6 Å². The summed E-state index contributed by atoms with van der Waals surface area (Å²) < 4.78 is 25.2. The van der Waals surface area contributed by atoms with E-state index >= 15 is 0 Å². The van der Waals surface area contributed by atoms with Crippen molar-refractivity contribution in [2.45, 2.75) is 44.7 Å². The lowest BCUT2D eigenvalue weighted by molar-refractivity contribution is 0.0888. The Morgan fingerprint density at radius 3 is 1.91 bits per heavy atom. The predicted molar refractivity (Wildman–Crippen MR) is 124 cm³/mol. The zero-order valence-electron chi connectivity index (χ0n) is 18.7. The van der Waals surface area contributed by atoms with E-state index in [1.165, 1.54) is 10.9 Å². The van der Waals surface area contributed by atoms with E-state index in [4.69, 9.17) is 21.1 Å². The average Bonchev–Trinajstić information content (AvgIpc) is 3.29. The lowest BCUT2D eigenvalue weighted by Gasteiger charge is -2.26. The van der Waals surface area contributed by atoms with E-state index in [1.54, 1.807) is 0 Å². The van der Waals surface area contributed by atoms with Gasteiger partial charge in [-0.1, -0.05) is 43.3 Å². The highest BCUT2D eigenvalue weighted by Gasteiger charge is 2.23. The first-order chi connectivity index (χ1) is 15.8. The molecule has 1 aromatic heterocycles. The Labute approximate surface area is 197 Å². The summed E-state index contributed by atoms with van der Waals surface area (Å²) in [5.41, 5.74) is 2.18. The molecule has 2 N–H and O–H groups in total. The number of aliphatic hydroxyl groups excluding tert-OH is 2. The number of hydrogen-bond acceptors (Lipinski definition) is 6. The molecule has 0 saturated carbocycles. The van der Waals surface area contributed by atoms with Gasteiger partial charge in [-0.15, -0.1) is 16.7 Å². The van der Waals surface area contributed by atoms with Gasteiger partial charge in [0, 0.05) is 5.41 Å². The molecule has 0 fully saturated rings. The fourth-order valence-corrected chi connectivity index (χ4v) is 3.38. The van der Waals surface area contributed by atoms with Gasteiger partial charge in [-0.25, -0.2) is 9.07 Å². The van der Waals surface area contributed by atoms with Crippen molar-refractivity contribution in [2.75, 3.05) is 19.1 Å². The Balaban J connectivity index is 1.55. The van der Waals surface area contributed by atoms with Crippen LogP contribution < -0.4 is 9.47 Å². The molecule has 3 rings (SSSR count). The van der Waals surface area contributed by atoms with Crippen molar-refractivity contribution in [3.05, 3.63) is 71.5 Å². The van der Waals surface area contributed by atoms with Crippen LogP contribution in [0, 0.1) is 0 Å². The van der Waals surface area contributed by atoms with Crippen LogP contribution >= 0.6 is 11.6 Å². The second-order valence-corrected chi connectivity index (χ2v) is 8.63. The Kier molecular flexibility index (Phi) is 8.66. The van der Waals surface area contributed by atoms with Crippen LogP contribution in [0.3, 0.4) is 0 Å². The van der Waals surface area contributed by atoms with Gasteiger partial charge in [0.15, 0.2) is 0 Å². The van der Waals surface area contributed by atoms with Crippen molar-refractivity contribution in [1.82, 2.24) is 15.0 Å². The van der Waals surface area contributed by atoms with E-state index in [2.05, 4.69) is 24.2 Å². The molecule has 0 bridgehead atoms. The van der Waals surface area contributed by atoms with Crippen LogP contribution in [0.15, 0.2) is 54.7 Å². The van der Waals surface area contributed by atoms with Crippen molar-refractivity contribution in [2.24, 2.45) is 0 Å². The first-order valence-electron chi connectivity index (χ1n) is 10.7. The monoisotopic (exact) mass is 477 g/mol. The molecule has 0 spiro atoms. The Hall–Kier alpha value is -2.68. The molecule has 0 aliphatic carbocycles. The molecule has 0 radical (unpaired) electrons. The average molecular weight is 478 g/mol. The van der Waals surface area contributed by atoms with Gasteiger partial charge >= 0.3 is 0 Å². The van der Waals surface area contributed by atoms with Gasteiger partial charge in [-0.2, -0.15) is 0 Å². The Morgan fingerprint density at radius 2 is 1.45 bits per heavy atom. The third-order valence-electron chi connectivity index (χ3n) is 5.34.